The van der Waals surface area contributed by atoms with Crippen molar-refractivity contribution in [3.05, 3.63) is 23.8 Å². The first-order valence-electron chi connectivity index (χ1n) is 6.84. The fourth-order valence-electron chi connectivity index (χ4n) is 4.42. The van der Waals surface area contributed by atoms with Gasteiger partial charge in [-0.25, -0.2) is 0 Å². The molecule has 3 nitrogen and oxygen atoms in total. The third-order valence-electron chi connectivity index (χ3n) is 5.62. The van der Waals surface area contributed by atoms with E-state index in [1.807, 2.05) is 0 Å². The van der Waals surface area contributed by atoms with E-state index in [1.165, 1.54) is 0 Å². The van der Waals surface area contributed by atoms with Gasteiger partial charge in [0.25, 0.3) is 0 Å². The van der Waals surface area contributed by atoms with Crippen molar-refractivity contribution in [1.82, 2.24) is 0 Å². The first-order chi connectivity index (χ1) is 8.97. The van der Waals surface area contributed by atoms with E-state index in [0.29, 0.717) is 0 Å². The topological polar surface area (TPSA) is 49.7 Å². The van der Waals surface area contributed by atoms with Gasteiger partial charge in [0.15, 0.2) is 0 Å². The van der Waals surface area contributed by atoms with Gasteiger partial charge in [-0.3, -0.25) is 0 Å². The van der Waals surface area contributed by atoms with E-state index in [2.05, 4.69) is 48.0 Å². The van der Waals surface area contributed by atoms with Crippen LogP contribution in [0.15, 0.2) is 23.8 Å². The second kappa shape index (κ2) is 4.17. The van der Waals surface area contributed by atoms with Gasteiger partial charge in [-0.05, 0) is 25.8 Å². The van der Waals surface area contributed by atoms with Gasteiger partial charge in [-0.1, -0.05) is 34.2 Å². The Balaban J connectivity index is 2.13. The summed E-state index contributed by atoms with van der Waals surface area (Å²) in [6.45, 7) is 4.41. The standard InChI is InChI=1S/C15H21BrO3/c1-13-5-4-11-12(8-18)15(13,6-3-10(13)7-17)19-14(11,2)9-16/h3-5,11-12,17-18H,6-9H2,1-2H3/t11-,12+,13+,14-,15-/m1/s1. The Hall–Kier alpha value is -0.160. The lowest BCUT2D eigenvalue weighted by molar-refractivity contribution is -0.134. The van der Waals surface area contributed by atoms with E-state index in [1.54, 1.807) is 0 Å². The molecule has 1 heterocycles. The number of halogens is 1. The van der Waals surface area contributed by atoms with Gasteiger partial charge in [0.2, 0.25) is 0 Å². The van der Waals surface area contributed by atoms with E-state index in [9.17, 15) is 10.2 Å². The summed E-state index contributed by atoms with van der Waals surface area (Å²) >= 11 is 3.56. The fourth-order valence-corrected chi connectivity index (χ4v) is 4.91. The molecule has 0 unspecified atom stereocenters. The quantitative estimate of drug-likeness (QED) is 0.615. The van der Waals surface area contributed by atoms with E-state index in [4.69, 9.17) is 4.74 Å². The van der Waals surface area contributed by atoms with Gasteiger partial charge in [0, 0.05) is 29.2 Å². The van der Waals surface area contributed by atoms with E-state index in [-0.39, 0.29) is 36.1 Å². The Morgan fingerprint density at radius 3 is 2.74 bits per heavy atom. The highest BCUT2D eigenvalue weighted by Crippen LogP contribution is 2.65. The second-order valence-electron chi connectivity index (χ2n) is 6.41. The number of fused-ring (bicyclic) bond motifs is 1. The molecular formula is C15H21BrO3. The van der Waals surface area contributed by atoms with E-state index in [0.717, 1.165) is 17.3 Å². The van der Waals surface area contributed by atoms with Gasteiger partial charge < -0.3 is 14.9 Å². The Morgan fingerprint density at radius 1 is 1.42 bits per heavy atom. The van der Waals surface area contributed by atoms with Crippen LogP contribution in [0, 0.1) is 17.3 Å². The van der Waals surface area contributed by atoms with Crippen LogP contribution in [0.3, 0.4) is 0 Å². The predicted octanol–water partition coefficient (Wildman–Crippen LogP) is 2.03. The molecule has 0 radical (unpaired) electrons. The molecule has 0 aromatic carbocycles. The average Bonchev–Trinajstić information content (AvgIpc) is 2.80. The normalized spacial score (nSPS) is 51.3. The molecule has 2 N–H and O–H groups in total. The summed E-state index contributed by atoms with van der Waals surface area (Å²) in [5.41, 5.74) is 0.0211. The first kappa shape index (κ1) is 13.8. The van der Waals surface area contributed by atoms with Crippen LogP contribution in [0.25, 0.3) is 0 Å². The summed E-state index contributed by atoms with van der Waals surface area (Å²) in [6, 6.07) is 0. The largest absolute Gasteiger partial charge is 0.396 e. The smallest absolute Gasteiger partial charge is 0.0907 e. The van der Waals surface area contributed by atoms with E-state index < -0.39 is 5.60 Å². The minimum absolute atomic E-state index is 0.0553. The van der Waals surface area contributed by atoms with Gasteiger partial charge >= 0.3 is 0 Å². The number of hydrogen-bond donors (Lipinski definition) is 2. The number of hydrogen-bond acceptors (Lipinski definition) is 3. The molecule has 2 bridgehead atoms. The van der Waals surface area contributed by atoms with Crippen LogP contribution in [0.4, 0.5) is 0 Å². The minimum atomic E-state index is -0.401. The predicted molar refractivity (Wildman–Crippen MR) is 77.1 cm³/mol. The molecule has 0 aromatic rings. The van der Waals surface area contributed by atoms with Crippen molar-refractivity contribution < 1.29 is 14.9 Å². The maximum Gasteiger partial charge on any atom is 0.0907 e. The zero-order valence-corrected chi connectivity index (χ0v) is 13.0. The maximum atomic E-state index is 9.90. The fraction of sp³-hybridized carbons (Fsp3) is 0.733. The number of alkyl halides is 1. The molecule has 1 spiro atoms. The summed E-state index contributed by atoms with van der Waals surface area (Å²) in [5.74, 6) is 0.307. The second-order valence-corrected chi connectivity index (χ2v) is 6.97. The highest BCUT2D eigenvalue weighted by Gasteiger charge is 2.69. The van der Waals surface area contributed by atoms with Crippen LogP contribution >= 0.6 is 15.9 Å². The molecule has 4 heteroatoms. The molecular weight excluding hydrogens is 308 g/mol. The minimum Gasteiger partial charge on any atom is -0.396 e. The van der Waals surface area contributed by atoms with Gasteiger partial charge in [-0.15, -0.1) is 0 Å². The van der Waals surface area contributed by atoms with Crippen LogP contribution in [0.2, 0.25) is 0 Å². The zero-order valence-electron chi connectivity index (χ0n) is 11.4. The molecule has 1 fully saturated rings. The van der Waals surface area contributed by atoms with Crippen molar-refractivity contribution in [3.8, 4) is 0 Å². The molecule has 106 valence electrons. The summed E-state index contributed by atoms with van der Waals surface area (Å²) in [5, 5.41) is 20.3. The molecule has 3 rings (SSSR count). The lowest BCUT2D eigenvalue weighted by Crippen LogP contribution is -2.51. The number of aliphatic hydroxyl groups is 2. The highest BCUT2D eigenvalue weighted by molar-refractivity contribution is 9.09. The average molecular weight is 329 g/mol. The summed E-state index contributed by atoms with van der Waals surface area (Å²) in [6.07, 6.45) is 7.23. The molecule has 5 atom stereocenters. The Labute approximate surface area is 122 Å². The van der Waals surface area contributed by atoms with Crippen molar-refractivity contribution in [2.75, 3.05) is 18.5 Å². The molecule has 0 aromatic heterocycles. The van der Waals surface area contributed by atoms with Crippen molar-refractivity contribution in [3.63, 3.8) is 0 Å². The lowest BCUT2D eigenvalue weighted by Gasteiger charge is -2.46. The van der Waals surface area contributed by atoms with Crippen LogP contribution < -0.4 is 0 Å². The summed E-state index contributed by atoms with van der Waals surface area (Å²) in [4.78, 5) is 0. The zero-order chi connectivity index (χ0) is 13.9. The maximum absolute atomic E-state index is 9.90. The molecule has 1 saturated heterocycles. The number of rotatable bonds is 3. The summed E-state index contributed by atoms with van der Waals surface area (Å²) in [7, 11) is 0. The molecule has 0 amide bonds. The number of ether oxygens (including phenoxy) is 1. The highest BCUT2D eigenvalue weighted by atomic mass is 79.9. The number of aliphatic hydroxyl groups excluding tert-OH is 2. The molecule has 1 aliphatic heterocycles. The van der Waals surface area contributed by atoms with Crippen LogP contribution in [-0.2, 0) is 4.74 Å². The van der Waals surface area contributed by atoms with Crippen LogP contribution in [0.1, 0.15) is 20.3 Å². The van der Waals surface area contributed by atoms with Gasteiger partial charge in [0.1, 0.15) is 0 Å². The van der Waals surface area contributed by atoms with Crippen molar-refractivity contribution in [2.45, 2.75) is 31.5 Å². The van der Waals surface area contributed by atoms with Crippen LogP contribution in [0.5, 0.6) is 0 Å². The molecule has 3 aliphatic rings. The third-order valence-corrected chi connectivity index (χ3v) is 6.73. The van der Waals surface area contributed by atoms with Gasteiger partial charge in [0.05, 0.1) is 17.8 Å². The third kappa shape index (κ3) is 1.44. The van der Waals surface area contributed by atoms with Crippen molar-refractivity contribution in [1.29, 1.82) is 0 Å². The Kier molecular flexibility index (Phi) is 3.03. The Bertz CT molecular complexity index is 460. The van der Waals surface area contributed by atoms with Crippen LogP contribution in [-0.4, -0.2) is 40.0 Å². The van der Waals surface area contributed by atoms with Crippen molar-refractivity contribution >= 4 is 15.9 Å². The Morgan fingerprint density at radius 2 is 2.16 bits per heavy atom. The molecule has 0 saturated carbocycles. The SMILES string of the molecule is C[C@]1(CBr)O[C@@]23CC=C(CO)[C@]2(C)C=C[C@@H]1[C@@H]3CO. The lowest BCUT2D eigenvalue weighted by atomic mass is 9.59. The summed E-state index contributed by atoms with van der Waals surface area (Å²) < 4.78 is 6.54. The van der Waals surface area contributed by atoms with Crippen molar-refractivity contribution in [2.24, 2.45) is 17.3 Å². The monoisotopic (exact) mass is 328 g/mol. The van der Waals surface area contributed by atoms with E-state index >= 15 is 0 Å². The first-order valence-corrected chi connectivity index (χ1v) is 7.96. The van der Waals surface area contributed by atoms with Gasteiger partial charge in [-0.2, -0.15) is 0 Å². The molecule has 2 aliphatic carbocycles. The molecule has 19 heavy (non-hydrogen) atoms.